The van der Waals surface area contributed by atoms with E-state index in [-0.39, 0.29) is 18.4 Å². The molecule has 15 nitrogen and oxygen atoms in total. The van der Waals surface area contributed by atoms with Crippen LogP contribution < -0.4 is 19.5 Å². The van der Waals surface area contributed by atoms with Crippen molar-refractivity contribution in [3.8, 4) is 39.8 Å². The molecule has 0 radical (unpaired) electrons. The number of nitrogens with one attached hydrogen (secondary N) is 4. The molecule has 0 fully saturated rings. The molecule has 326 valence electrons. The molecule has 0 aliphatic heterocycles. The van der Waals surface area contributed by atoms with Gasteiger partial charge in [-0.05, 0) is 109 Å². The van der Waals surface area contributed by atoms with Crippen LogP contribution in [0.25, 0.3) is 33.5 Å². The SMILES string of the molecule is CCCc1nc(C(=O)OCC)c(C(Cc2ccc(-c3ccccc3-c3nn[nH]n3)cc2)Sc2ccc3nc(C(C)Oc4ccc(CNC(=O)Oc5ccc(OC)cc5)cc4)[nH]c3c2)[nH]1. The number of ether oxygens (including phenoxy) is 4. The van der Waals surface area contributed by atoms with Gasteiger partial charge in [0, 0.05) is 23.4 Å². The van der Waals surface area contributed by atoms with E-state index in [2.05, 4.69) is 73.2 Å². The molecule has 2 unspecified atom stereocenters. The fourth-order valence-corrected chi connectivity index (χ4v) is 8.39. The van der Waals surface area contributed by atoms with Crippen molar-refractivity contribution in [2.24, 2.45) is 0 Å². The summed E-state index contributed by atoms with van der Waals surface area (Å²) in [6, 6.07) is 36.7. The standard InChI is InChI=1S/C48H47N9O6S/c1-5-9-42-52-43(44(53-42)47(58)61-6-2)41(26-30-12-16-32(17-13-30)37-10-7-8-11-38(37)46-54-56-57-55-46)64-36-24-25-39-40(27-36)51-45(50-39)29(3)62-34-18-14-31(15-19-34)28-49-48(59)63-35-22-20-33(60-4)21-23-35/h7-8,10-25,27,29,41H,5-6,9,26,28H2,1-4H3,(H,49,59)(H,50,51)(H,52,53)(H,54,55,56,57). The number of fused-ring (bicyclic) bond motifs is 1. The summed E-state index contributed by atoms with van der Waals surface area (Å²) in [4.78, 5) is 43.2. The van der Waals surface area contributed by atoms with Crippen LogP contribution in [0.15, 0.2) is 120 Å². The molecule has 64 heavy (non-hydrogen) atoms. The predicted octanol–water partition coefficient (Wildman–Crippen LogP) is 9.78. The van der Waals surface area contributed by atoms with Crippen molar-refractivity contribution in [1.82, 2.24) is 45.9 Å². The topological polar surface area (TPSA) is 195 Å². The van der Waals surface area contributed by atoms with Crippen LogP contribution in [0.2, 0.25) is 0 Å². The van der Waals surface area contributed by atoms with Gasteiger partial charge in [-0.3, -0.25) is 0 Å². The second-order valence-corrected chi connectivity index (χ2v) is 16.1. The van der Waals surface area contributed by atoms with Crippen molar-refractivity contribution in [1.29, 1.82) is 0 Å². The lowest BCUT2D eigenvalue weighted by Gasteiger charge is -2.17. The van der Waals surface area contributed by atoms with E-state index in [9.17, 15) is 9.59 Å². The number of amides is 1. The first kappa shape index (κ1) is 43.2. The molecule has 0 saturated heterocycles. The van der Waals surface area contributed by atoms with Crippen molar-refractivity contribution in [2.45, 2.75) is 62.8 Å². The van der Waals surface area contributed by atoms with E-state index in [1.54, 1.807) is 50.1 Å². The molecule has 1 amide bonds. The van der Waals surface area contributed by atoms with Gasteiger partial charge in [0.15, 0.2) is 11.8 Å². The molecule has 16 heteroatoms. The number of nitrogens with zero attached hydrogens (tertiary/aromatic N) is 5. The van der Waals surface area contributed by atoms with Gasteiger partial charge in [0.2, 0.25) is 5.82 Å². The normalized spacial score (nSPS) is 12.1. The Bertz CT molecular complexity index is 2810. The van der Waals surface area contributed by atoms with E-state index in [0.29, 0.717) is 47.4 Å². The number of hydrogen-bond acceptors (Lipinski definition) is 12. The predicted molar refractivity (Wildman–Crippen MR) is 243 cm³/mol. The van der Waals surface area contributed by atoms with E-state index in [4.69, 9.17) is 28.9 Å². The Morgan fingerprint density at radius 3 is 2.27 bits per heavy atom. The number of aromatic nitrogens is 8. The summed E-state index contributed by atoms with van der Waals surface area (Å²) < 4.78 is 22.3. The molecule has 5 aromatic carbocycles. The Labute approximate surface area is 373 Å². The average Bonchev–Trinajstić information content (AvgIpc) is 4.11. The zero-order valence-electron chi connectivity index (χ0n) is 35.8. The molecule has 0 aliphatic carbocycles. The molecule has 0 bridgehead atoms. The number of carbonyl (C=O) groups excluding carboxylic acids is 2. The highest BCUT2D eigenvalue weighted by molar-refractivity contribution is 7.99. The molecular formula is C48H47N9O6S. The minimum atomic E-state index is -0.559. The lowest BCUT2D eigenvalue weighted by molar-refractivity contribution is 0.0518. The lowest BCUT2D eigenvalue weighted by atomic mass is 9.97. The zero-order valence-corrected chi connectivity index (χ0v) is 36.6. The summed E-state index contributed by atoms with van der Waals surface area (Å²) >= 11 is 1.64. The summed E-state index contributed by atoms with van der Waals surface area (Å²) in [5.41, 5.74) is 7.51. The quantitative estimate of drug-likeness (QED) is 0.0471. The number of aromatic amines is 3. The fraction of sp³-hybridized carbons (Fsp3) is 0.229. The number of imidazole rings is 2. The van der Waals surface area contributed by atoms with Crippen molar-refractivity contribution in [3.05, 3.63) is 149 Å². The van der Waals surface area contributed by atoms with Gasteiger partial charge < -0.3 is 34.2 Å². The number of H-pyrrole nitrogens is 3. The van der Waals surface area contributed by atoms with Gasteiger partial charge in [-0.15, -0.1) is 22.0 Å². The average molecular weight is 878 g/mol. The number of benzene rings is 5. The molecular weight excluding hydrogens is 831 g/mol. The third-order valence-electron chi connectivity index (χ3n) is 10.3. The van der Waals surface area contributed by atoms with E-state index >= 15 is 0 Å². The molecule has 2 atom stereocenters. The van der Waals surface area contributed by atoms with E-state index in [1.807, 2.05) is 67.6 Å². The number of methoxy groups -OCH3 is 1. The number of carbonyl (C=O) groups is 2. The smallest absolute Gasteiger partial charge is 0.412 e. The van der Waals surface area contributed by atoms with Crippen LogP contribution >= 0.6 is 11.8 Å². The third-order valence-corrected chi connectivity index (χ3v) is 11.5. The Morgan fingerprint density at radius 2 is 1.55 bits per heavy atom. The summed E-state index contributed by atoms with van der Waals surface area (Å²) in [6.07, 6.45) is 1.21. The van der Waals surface area contributed by atoms with Gasteiger partial charge in [0.25, 0.3) is 0 Å². The molecule has 3 heterocycles. The number of thioether (sulfide) groups is 1. The van der Waals surface area contributed by atoms with Crippen LogP contribution in [-0.4, -0.2) is 66.3 Å². The van der Waals surface area contributed by atoms with Crippen molar-refractivity contribution < 1.29 is 28.5 Å². The molecule has 8 rings (SSSR count). The fourth-order valence-electron chi connectivity index (χ4n) is 7.17. The van der Waals surface area contributed by atoms with E-state index in [1.165, 1.54) is 0 Å². The molecule has 4 N–H and O–H groups in total. The van der Waals surface area contributed by atoms with Crippen LogP contribution in [0.4, 0.5) is 4.79 Å². The maximum absolute atomic E-state index is 13.4. The maximum Gasteiger partial charge on any atom is 0.412 e. The minimum Gasteiger partial charge on any atom is -0.497 e. The Hall–Kier alpha value is -7.46. The lowest BCUT2D eigenvalue weighted by Crippen LogP contribution is -2.26. The van der Waals surface area contributed by atoms with Crippen LogP contribution in [0.3, 0.4) is 0 Å². The first-order chi connectivity index (χ1) is 31.3. The van der Waals surface area contributed by atoms with E-state index in [0.717, 1.165) is 61.7 Å². The first-order valence-electron chi connectivity index (χ1n) is 21.0. The highest BCUT2D eigenvalue weighted by Gasteiger charge is 2.27. The summed E-state index contributed by atoms with van der Waals surface area (Å²) in [5, 5.41) is 17.2. The minimum absolute atomic E-state index is 0.227. The van der Waals surface area contributed by atoms with Crippen LogP contribution in [-0.2, 0) is 24.1 Å². The van der Waals surface area contributed by atoms with Gasteiger partial charge in [-0.25, -0.2) is 19.6 Å². The van der Waals surface area contributed by atoms with Gasteiger partial charge >= 0.3 is 12.1 Å². The largest absolute Gasteiger partial charge is 0.497 e. The van der Waals surface area contributed by atoms with Gasteiger partial charge in [0.1, 0.15) is 28.9 Å². The Balaban J connectivity index is 0.974. The monoisotopic (exact) mass is 877 g/mol. The van der Waals surface area contributed by atoms with E-state index < -0.39 is 18.2 Å². The zero-order chi connectivity index (χ0) is 44.4. The highest BCUT2D eigenvalue weighted by atomic mass is 32.2. The summed E-state index contributed by atoms with van der Waals surface area (Å²) in [6.45, 7) is 6.34. The van der Waals surface area contributed by atoms with Gasteiger partial charge in [-0.1, -0.05) is 67.6 Å². The second-order valence-electron chi connectivity index (χ2n) is 14.8. The molecule has 0 aliphatic rings. The third kappa shape index (κ3) is 10.4. The van der Waals surface area contributed by atoms with Crippen LogP contribution in [0, 0.1) is 0 Å². The van der Waals surface area contributed by atoms with Gasteiger partial charge in [0.05, 0.1) is 35.7 Å². The number of aryl methyl sites for hydroxylation is 1. The molecule has 0 spiro atoms. The molecule has 3 aromatic heterocycles. The first-order valence-corrected chi connectivity index (χ1v) is 21.8. The summed E-state index contributed by atoms with van der Waals surface area (Å²) in [7, 11) is 1.58. The highest BCUT2D eigenvalue weighted by Crippen LogP contribution is 2.40. The number of rotatable bonds is 18. The second kappa shape index (κ2) is 20.2. The molecule has 0 saturated carbocycles. The van der Waals surface area contributed by atoms with Crippen LogP contribution in [0.1, 0.15) is 77.5 Å². The maximum atomic E-state index is 13.4. The Morgan fingerprint density at radius 1 is 0.812 bits per heavy atom. The van der Waals surface area contributed by atoms with Gasteiger partial charge in [-0.2, -0.15) is 5.21 Å². The Kier molecular flexibility index (Phi) is 13.6. The number of tetrazole rings is 1. The molecule has 8 aromatic rings. The number of hydrogen-bond donors (Lipinski definition) is 4. The van der Waals surface area contributed by atoms with Crippen LogP contribution in [0.5, 0.6) is 17.2 Å². The van der Waals surface area contributed by atoms with Crippen molar-refractivity contribution >= 4 is 34.9 Å². The van der Waals surface area contributed by atoms with Crippen molar-refractivity contribution in [2.75, 3.05) is 13.7 Å². The summed E-state index contributed by atoms with van der Waals surface area (Å²) in [5.74, 6) is 3.24. The number of esters is 1. The van der Waals surface area contributed by atoms with Crippen molar-refractivity contribution in [3.63, 3.8) is 0 Å².